The summed E-state index contributed by atoms with van der Waals surface area (Å²) in [4.78, 5) is 0. The molecule has 6 heteroatoms. The van der Waals surface area contributed by atoms with Crippen LogP contribution in [0.1, 0.15) is 37.3 Å². The molecular formula is C13H16F3NO2. The van der Waals surface area contributed by atoms with Crippen LogP contribution in [0.3, 0.4) is 0 Å². The largest absolute Gasteiger partial charge is 0.573 e. The van der Waals surface area contributed by atoms with Gasteiger partial charge in [0, 0.05) is 11.6 Å². The number of para-hydroxylation sites is 1. The molecule has 0 aromatic heterocycles. The van der Waals surface area contributed by atoms with Crippen LogP contribution < -0.4 is 10.5 Å². The van der Waals surface area contributed by atoms with Gasteiger partial charge in [-0.1, -0.05) is 25.0 Å². The lowest BCUT2D eigenvalue weighted by atomic mass is 9.92. The lowest BCUT2D eigenvalue weighted by Gasteiger charge is -2.21. The minimum Gasteiger partial charge on any atom is -0.504 e. The molecule has 0 heterocycles. The number of benzene rings is 1. The maximum atomic E-state index is 12.2. The number of aromatic hydroxyl groups is 1. The van der Waals surface area contributed by atoms with Crippen LogP contribution in [0.25, 0.3) is 0 Å². The third-order valence-corrected chi connectivity index (χ3v) is 3.52. The van der Waals surface area contributed by atoms with Crippen LogP contribution in [0.4, 0.5) is 13.2 Å². The highest BCUT2D eigenvalue weighted by Gasteiger charge is 2.33. The van der Waals surface area contributed by atoms with Crippen LogP contribution in [0, 0.1) is 5.92 Å². The highest BCUT2D eigenvalue weighted by atomic mass is 19.4. The molecule has 1 aliphatic carbocycles. The Balaban J connectivity index is 2.23. The minimum atomic E-state index is -4.83. The Labute approximate surface area is 109 Å². The Hall–Kier alpha value is -1.43. The van der Waals surface area contributed by atoms with Gasteiger partial charge >= 0.3 is 6.36 Å². The predicted molar refractivity (Wildman–Crippen MR) is 63.7 cm³/mol. The van der Waals surface area contributed by atoms with Crippen molar-refractivity contribution >= 4 is 0 Å². The molecule has 1 atom stereocenters. The molecule has 1 aliphatic rings. The second-order valence-electron chi connectivity index (χ2n) is 4.81. The van der Waals surface area contributed by atoms with Gasteiger partial charge < -0.3 is 15.6 Å². The molecule has 1 fully saturated rings. The fraction of sp³-hybridized carbons (Fsp3) is 0.538. The standard InChI is InChI=1S/C13H16F3NO2/c14-13(15,16)19-10-7-3-6-9(12(10)18)11(17)8-4-1-2-5-8/h3,6-8,11,18H,1-2,4-5,17H2/t11-/m0/s1. The van der Waals surface area contributed by atoms with Crippen molar-refractivity contribution in [1.29, 1.82) is 0 Å². The van der Waals surface area contributed by atoms with Gasteiger partial charge in [-0.2, -0.15) is 0 Å². The van der Waals surface area contributed by atoms with Crippen molar-refractivity contribution in [2.24, 2.45) is 11.7 Å². The molecule has 0 unspecified atom stereocenters. The number of phenols is 1. The number of rotatable bonds is 3. The lowest BCUT2D eigenvalue weighted by molar-refractivity contribution is -0.275. The fourth-order valence-corrected chi connectivity index (χ4v) is 2.59. The van der Waals surface area contributed by atoms with Crippen LogP contribution in [0.15, 0.2) is 18.2 Å². The van der Waals surface area contributed by atoms with Crippen molar-refractivity contribution in [3.05, 3.63) is 23.8 Å². The van der Waals surface area contributed by atoms with Crippen molar-refractivity contribution in [3.8, 4) is 11.5 Å². The van der Waals surface area contributed by atoms with E-state index in [0.29, 0.717) is 5.56 Å². The average Bonchev–Trinajstić information content (AvgIpc) is 2.83. The van der Waals surface area contributed by atoms with Gasteiger partial charge in [-0.15, -0.1) is 13.2 Å². The van der Waals surface area contributed by atoms with Crippen molar-refractivity contribution in [2.75, 3.05) is 0 Å². The van der Waals surface area contributed by atoms with E-state index in [1.807, 2.05) is 0 Å². The van der Waals surface area contributed by atoms with Crippen LogP contribution in [-0.2, 0) is 0 Å². The van der Waals surface area contributed by atoms with Crippen molar-refractivity contribution in [2.45, 2.75) is 38.1 Å². The summed E-state index contributed by atoms with van der Waals surface area (Å²) in [5, 5.41) is 9.88. The van der Waals surface area contributed by atoms with Crippen LogP contribution in [0.5, 0.6) is 11.5 Å². The van der Waals surface area contributed by atoms with Gasteiger partial charge in [0.1, 0.15) is 0 Å². The third-order valence-electron chi connectivity index (χ3n) is 3.52. The number of alkyl halides is 3. The highest BCUT2D eigenvalue weighted by Crippen LogP contribution is 2.41. The van der Waals surface area contributed by atoms with Crippen LogP contribution in [-0.4, -0.2) is 11.5 Å². The molecule has 106 valence electrons. The predicted octanol–water partition coefficient (Wildman–Crippen LogP) is 3.48. The summed E-state index contributed by atoms with van der Waals surface area (Å²) in [6.45, 7) is 0. The first-order chi connectivity index (χ1) is 8.88. The zero-order valence-electron chi connectivity index (χ0n) is 10.3. The van der Waals surface area contributed by atoms with E-state index in [-0.39, 0.29) is 5.92 Å². The normalized spacial score (nSPS) is 18.5. The van der Waals surface area contributed by atoms with E-state index < -0.39 is 23.9 Å². The number of halogens is 3. The van der Waals surface area contributed by atoms with Gasteiger partial charge in [-0.25, -0.2) is 0 Å². The molecule has 19 heavy (non-hydrogen) atoms. The second-order valence-corrected chi connectivity index (χ2v) is 4.81. The molecule has 0 amide bonds. The first kappa shape index (κ1) is 14.0. The summed E-state index contributed by atoms with van der Waals surface area (Å²) in [6, 6.07) is 3.57. The minimum absolute atomic E-state index is 0.201. The molecule has 0 bridgehead atoms. The van der Waals surface area contributed by atoms with Crippen molar-refractivity contribution in [3.63, 3.8) is 0 Å². The zero-order chi connectivity index (χ0) is 14.0. The Bertz CT molecular complexity index is 442. The van der Waals surface area contributed by atoms with Crippen LogP contribution in [0.2, 0.25) is 0 Å². The van der Waals surface area contributed by atoms with Gasteiger partial charge in [0.25, 0.3) is 0 Å². The molecule has 0 aliphatic heterocycles. The quantitative estimate of drug-likeness (QED) is 0.888. The molecular weight excluding hydrogens is 259 g/mol. The van der Waals surface area contributed by atoms with Crippen LogP contribution >= 0.6 is 0 Å². The second kappa shape index (κ2) is 5.28. The number of hydrogen-bond donors (Lipinski definition) is 2. The van der Waals surface area contributed by atoms with Gasteiger partial charge in [0.05, 0.1) is 0 Å². The topological polar surface area (TPSA) is 55.5 Å². The van der Waals surface area contributed by atoms with Gasteiger partial charge in [-0.05, 0) is 24.8 Å². The average molecular weight is 275 g/mol. The van der Waals surface area contributed by atoms with Gasteiger partial charge in [-0.3, -0.25) is 0 Å². The number of ether oxygens (including phenoxy) is 1. The number of hydrogen-bond acceptors (Lipinski definition) is 3. The Kier molecular flexibility index (Phi) is 3.89. The molecule has 3 nitrogen and oxygen atoms in total. The van der Waals surface area contributed by atoms with E-state index >= 15 is 0 Å². The molecule has 1 aromatic rings. The molecule has 1 aromatic carbocycles. The zero-order valence-corrected chi connectivity index (χ0v) is 10.3. The summed E-state index contributed by atoms with van der Waals surface area (Å²) < 4.78 is 40.4. The maximum absolute atomic E-state index is 12.2. The lowest BCUT2D eigenvalue weighted by Crippen LogP contribution is -2.21. The van der Waals surface area contributed by atoms with E-state index in [1.54, 1.807) is 6.07 Å². The maximum Gasteiger partial charge on any atom is 0.573 e. The van der Waals surface area contributed by atoms with Crippen molar-refractivity contribution < 1.29 is 23.0 Å². The molecule has 0 radical (unpaired) electrons. The molecule has 1 saturated carbocycles. The summed E-state index contributed by atoms with van der Waals surface area (Å²) >= 11 is 0. The van der Waals surface area contributed by atoms with E-state index in [1.165, 1.54) is 6.07 Å². The fourth-order valence-electron chi connectivity index (χ4n) is 2.59. The summed E-state index contributed by atoms with van der Waals surface area (Å²) in [5.74, 6) is -0.912. The van der Waals surface area contributed by atoms with E-state index in [0.717, 1.165) is 31.7 Å². The number of nitrogens with two attached hydrogens (primary N) is 1. The Morgan fingerprint density at radius 3 is 2.47 bits per heavy atom. The summed E-state index contributed by atoms with van der Waals surface area (Å²) in [7, 11) is 0. The van der Waals surface area contributed by atoms with E-state index in [4.69, 9.17) is 5.73 Å². The summed E-state index contributed by atoms with van der Waals surface area (Å²) in [5.41, 5.74) is 6.35. The molecule has 3 N–H and O–H groups in total. The first-order valence-electron chi connectivity index (χ1n) is 6.21. The number of phenolic OH excluding ortho intramolecular Hbond substituents is 1. The van der Waals surface area contributed by atoms with E-state index in [9.17, 15) is 18.3 Å². The molecule has 0 saturated heterocycles. The van der Waals surface area contributed by atoms with Crippen molar-refractivity contribution in [1.82, 2.24) is 0 Å². The Morgan fingerprint density at radius 2 is 1.89 bits per heavy atom. The summed E-state index contributed by atoms with van der Waals surface area (Å²) in [6.07, 6.45) is -0.820. The first-order valence-corrected chi connectivity index (χ1v) is 6.21. The molecule has 2 rings (SSSR count). The molecule has 0 spiro atoms. The van der Waals surface area contributed by atoms with Gasteiger partial charge in [0.15, 0.2) is 11.5 Å². The van der Waals surface area contributed by atoms with Gasteiger partial charge in [0.2, 0.25) is 0 Å². The monoisotopic (exact) mass is 275 g/mol. The SMILES string of the molecule is N[C@H](c1cccc(OC(F)(F)F)c1O)C1CCCC1. The smallest absolute Gasteiger partial charge is 0.504 e. The third kappa shape index (κ3) is 3.32. The van der Waals surface area contributed by atoms with E-state index in [2.05, 4.69) is 4.74 Å². The highest BCUT2D eigenvalue weighted by molar-refractivity contribution is 5.47. The Morgan fingerprint density at radius 1 is 1.26 bits per heavy atom.